The molecule has 0 fully saturated rings. The molecule has 0 rings (SSSR count). The molecule has 8 nitrogen and oxygen atoms in total. The summed E-state index contributed by atoms with van der Waals surface area (Å²) in [5, 5.41) is 24.2. The van der Waals surface area contributed by atoms with Gasteiger partial charge in [0.05, 0.1) is 65.4 Å². The van der Waals surface area contributed by atoms with E-state index < -0.39 is 11.1 Å². The molecule has 0 N–H and O–H groups in total. The first kappa shape index (κ1) is 32.0. The second kappa shape index (κ2) is 18.1. The van der Waals surface area contributed by atoms with Gasteiger partial charge in [-0.1, -0.05) is 20.4 Å². The zero-order valence-corrected chi connectivity index (χ0v) is 18.3. The van der Waals surface area contributed by atoms with E-state index >= 15 is 0 Å². The first-order chi connectivity index (χ1) is 11.6. The lowest BCUT2D eigenvalue weighted by molar-refractivity contribution is -0.888. The van der Waals surface area contributed by atoms with Crippen LogP contribution in [0.3, 0.4) is 0 Å². The van der Waals surface area contributed by atoms with Crippen molar-refractivity contribution in [1.29, 1.82) is 0 Å². The van der Waals surface area contributed by atoms with Crippen molar-refractivity contribution >= 4 is 5.97 Å². The van der Waals surface area contributed by atoms with Gasteiger partial charge in [0.2, 0.25) is 0 Å². The van der Waals surface area contributed by atoms with Crippen molar-refractivity contribution in [3.05, 3.63) is 27.5 Å². The summed E-state index contributed by atoms with van der Waals surface area (Å²) in [6.07, 6.45) is 2.58. The third-order valence-corrected chi connectivity index (χ3v) is 3.72. The van der Waals surface area contributed by atoms with Crippen LogP contribution in [0.25, 0.3) is 0 Å². The first-order valence-electron chi connectivity index (χ1n) is 8.94. The number of rotatable bonds is 7. The number of hydrogen-bond donors (Lipinski definition) is 0. The molecular weight excluding hydrogens is 338 g/mol. The third kappa shape index (κ3) is 38.1. The molecule has 0 atom stereocenters. The van der Waals surface area contributed by atoms with E-state index in [9.17, 15) is 9.90 Å². The molecule has 0 aromatic rings. The lowest BCUT2D eigenvalue weighted by Crippen LogP contribution is -2.39. The lowest BCUT2D eigenvalue weighted by Gasteiger charge is -2.27. The van der Waals surface area contributed by atoms with Crippen molar-refractivity contribution in [3.63, 3.8) is 0 Å². The van der Waals surface area contributed by atoms with Gasteiger partial charge < -0.3 is 34.2 Å². The molecule has 0 spiro atoms. The first-order valence-corrected chi connectivity index (χ1v) is 8.94. The largest absolute Gasteiger partial charge is 0.545 e. The maximum Gasteiger partial charge on any atom is 0.0779 e. The highest BCUT2D eigenvalue weighted by molar-refractivity contribution is 5.82. The number of carbonyl (C=O) groups is 1. The maximum atomic E-state index is 9.49. The van der Waals surface area contributed by atoms with Crippen LogP contribution in [0.15, 0.2) is 12.2 Å². The number of carbonyl (C=O) groups excluding carboxylic acids is 1. The molecule has 158 valence electrons. The highest BCUT2D eigenvalue weighted by atomic mass is 16.9. The van der Waals surface area contributed by atoms with Gasteiger partial charge in [-0.25, -0.2) is 0 Å². The molecule has 26 heavy (non-hydrogen) atoms. The van der Waals surface area contributed by atoms with E-state index in [0.29, 0.717) is 0 Å². The molecule has 0 bridgehead atoms. The van der Waals surface area contributed by atoms with Crippen LogP contribution in [0.5, 0.6) is 0 Å². The Kier molecular flexibility index (Phi) is 22.3. The molecule has 0 amide bonds. The van der Waals surface area contributed by atoms with Gasteiger partial charge in [0.15, 0.2) is 0 Å². The van der Waals surface area contributed by atoms with Gasteiger partial charge in [0.25, 0.3) is 0 Å². The Morgan fingerprint density at radius 1 is 0.885 bits per heavy atom. The fourth-order valence-electron chi connectivity index (χ4n) is 1.53. The minimum Gasteiger partial charge on any atom is -0.545 e. The average Bonchev–Trinajstić information content (AvgIpc) is 2.48. The second-order valence-corrected chi connectivity index (χ2v) is 7.24. The van der Waals surface area contributed by atoms with Crippen molar-refractivity contribution in [2.45, 2.75) is 47.5 Å². The maximum absolute atomic E-state index is 9.49. The molecule has 0 saturated heterocycles. The molecular formula is C18H41N3O5. The van der Waals surface area contributed by atoms with Crippen molar-refractivity contribution in [2.24, 2.45) is 0 Å². The number of carboxylic acids is 1. The smallest absolute Gasteiger partial charge is 0.0779 e. The summed E-state index contributed by atoms with van der Waals surface area (Å²) in [7, 11) is 9.07. The van der Waals surface area contributed by atoms with Crippen molar-refractivity contribution in [2.75, 3.05) is 54.4 Å². The summed E-state index contributed by atoms with van der Waals surface area (Å²) < 4.78 is 2.33. The molecule has 0 aliphatic rings. The zero-order chi connectivity index (χ0) is 22.0. The fourth-order valence-corrected chi connectivity index (χ4v) is 1.53. The summed E-state index contributed by atoms with van der Waals surface area (Å²) in [6.45, 7) is 18.5. The highest BCUT2D eigenvalue weighted by Crippen LogP contribution is 1.96. The number of aliphatic carboxylic acids is 1. The van der Waals surface area contributed by atoms with E-state index in [1.807, 2.05) is 0 Å². The van der Waals surface area contributed by atoms with E-state index in [1.165, 1.54) is 45.9 Å². The second-order valence-electron chi connectivity index (χ2n) is 7.24. The minimum absolute atomic E-state index is 0.0648. The molecule has 0 aromatic heterocycles. The van der Waals surface area contributed by atoms with E-state index in [4.69, 9.17) is 15.3 Å². The normalized spacial score (nSPS) is 10.0. The Morgan fingerprint density at radius 3 is 1.12 bits per heavy atom. The van der Waals surface area contributed by atoms with Gasteiger partial charge in [-0.15, -0.1) is 0 Å². The Hall–Kier alpha value is -1.67. The molecule has 0 saturated carbocycles. The monoisotopic (exact) mass is 379 g/mol. The minimum atomic E-state index is -1.75. The van der Waals surface area contributed by atoms with Crippen LogP contribution in [0.2, 0.25) is 0 Å². The molecule has 0 aliphatic carbocycles. The topological polar surface area (TPSA) is 106 Å². The quantitative estimate of drug-likeness (QED) is 0.291. The summed E-state index contributed by atoms with van der Waals surface area (Å²) in [5.41, 5.74) is 0.0648. The number of quaternary nitrogens is 2. The van der Waals surface area contributed by atoms with Crippen molar-refractivity contribution in [3.8, 4) is 0 Å². The van der Waals surface area contributed by atoms with E-state index in [0.717, 1.165) is 8.97 Å². The van der Waals surface area contributed by atoms with Gasteiger partial charge in [0, 0.05) is 0 Å². The lowest BCUT2D eigenvalue weighted by atomic mass is 10.4. The standard InChI is InChI=1S/2C7H18N.C4H6O2.NO3/c2*1-5-7-8(3,4)6-2;1-3(2)4(5)6;2-1(3)4/h2*5-7H2,1-4H3;1H2,2H3,(H,5,6);/q2*+1;;-1/p-1. The summed E-state index contributed by atoms with van der Waals surface area (Å²) in [4.78, 5) is 17.7. The van der Waals surface area contributed by atoms with Gasteiger partial charge in [-0.2, -0.15) is 0 Å². The van der Waals surface area contributed by atoms with Crippen LogP contribution in [-0.4, -0.2) is 74.4 Å². The zero-order valence-electron chi connectivity index (χ0n) is 18.3. The molecule has 8 heteroatoms. The van der Waals surface area contributed by atoms with Crippen LogP contribution >= 0.6 is 0 Å². The van der Waals surface area contributed by atoms with Crippen LogP contribution in [0.1, 0.15) is 47.5 Å². The van der Waals surface area contributed by atoms with Crippen molar-refractivity contribution < 1.29 is 24.0 Å². The predicted octanol–water partition coefficient (Wildman–Crippen LogP) is 2.06. The Morgan fingerprint density at radius 2 is 1.08 bits per heavy atom. The van der Waals surface area contributed by atoms with Crippen LogP contribution in [0.4, 0.5) is 0 Å². The molecule has 0 aliphatic heterocycles. The Labute approximate surface area is 160 Å². The molecule has 0 aromatic carbocycles. The fraction of sp³-hybridized carbons (Fsp3) is 0.833. The van der Waals surface area contributed by atoms with Gasteiger partial charge >= 0.3 is 0 Å². The number of carboxylic acid groups (broad SMARTS) is 1. The van der Waals surface area contributed by atoms with Gasteiger partial charge in [0.1, 0.15) is 0 Å². The Balaban J connectivity index is -0.000000128. The van der Waals surface area contributed by atoms with Gasteiger partial charge in [-0.05, 0) is 39.2 Å². The molecule has 0 heterocycles. The SMILES string of the molecule is C=C(C)C(=O)[O-].CCC[N+](C)(C)CC.CCC[N+](C)(C)CC.O=[N+]([O-])[O-]. The van der Waals surface area contributed by atoms with Gasteiger partial charge in [-0.3, -0.25) is 0 Å². The molecule has 0 radical (unpaired) electrons. The summed E-state index contributed by atoms with van der Waals surface area (Å²) in [6, 6.07) is 0. The van der Waals surface area contributed by atoms with Crippen molar-refractivity contribution in [1.82, 2.24) is 0 Å². The van der Waals surface area contributed by atoms with Crippen LogP contribution in [0, 0.1) is 15.3 Å². The van der Waals surface area contributed by atoms with E-state index in [2.05, 4.69) is 62.5 Å². The van der Waals surface area contributed by atoms with E-state index in [1.54, 1.807) is 0 Å². The van der Waals surface area contributed by atoms with Crippen LogP contribution in [-0.2, 0) is 4.79 Å². The highest BCUT2D eigenvalue weighted by Gasteiger charge is 2.08. The molecule has 0 unspecified atom stereocenters. The average molecular weight is 380 g/mol. The Bertz CT molecular complexity index is 349. The number of nitrogens with zero attached hydrogens (tertiary/aromatic N) is 3. The summed E-state index contributed by atoms with van der Waals surface area (Å²) >= 11 is 0. The van der Waals surface area contributed by atoms with Crippen LogP contribution < -0.4 is 5.11 Å². The summed E-state index contributed by atoms with van der Waals surface area (Å²) in [5.74, 6) is -1.19. The number of hydrogen-bond acceptors (Lipinski definition) is 5. The predicted molar refractivity (Wildman–Crippen MR) is 106 cm³/mol. The third-order valence-electron chi connectivity index (χ3n) is 3.72. The van der Waals surface area contributed by atoms with E-state index in [-0.39, 0.29) is 5.57 Å².